The number of likely N-dealkylation sites (tertiary alicyclic amines) is 1. The summed E-state index contributed by atoms with van der Waals surface area (Å²) in [5.74, 6) is 1.11. The molecule has 1 N–H and O–H groups in total. The van der Waals surface area contributed by atoms with Crippen LogP contribution in [0, 0.1) is 0 Å². The quantitative estimate of drug-likeness (QED) is 0.683. The van der Waals surface area contributed by atoms with E-state index in [0.717, 1.165) is 48.4 Å². The predicted octanol–water partition coefficient (Wildman–Crippen LogP) is 2.99. The number of likely N-dealkylation sites (N-methyl/N-ethyl adjacent to an activating group) is 1. The Labute approximate surface area is 202 Å². The molecule has 34 heavy (non-hydrogen) atoms. The summed E-state index contributed by atoms with van der Waals surface area (Å²) in [6.45, 7) is 1.92. The van der Waals surface area contributed by atoms with Gasteiger partial charge in [-0.1, -0.05) is 30.3 Å². The first-order valence-electron chi connectivity index (χ1n) is 12.1. The summed E-state index contributed by atoms with van der Waals surface area (Å²) in [6, 6.07) is 14.9. The molecule has 0 spiro atoms. The smallest absolute Gasteiger partial charge is 0.236 e. The molecule has 2 amide bonds. The van der Waals surface area contributed by atoms with Gasteiger partial charge >= 0.3 is 0 Å². The van der Waals surface area contributed by atoms with Crippen LogP contribution in [0.25, 0.3) is 0 Å². The van der Waals surface area contributed by atoms with Crippen molar-refractivity contribution < 1.29 is 14.3 Å². The van der Waals surface area contributed by atoms with Gasteiger partial charge in [0.25, 0.3) is 0 Å². The summed E-state index contributed by atoms with van der Waals surface area (Å²) in [6.07, 6.45) is 3.33. The van der Waals surface area contributed by atoms with E-state index < -0.39 is 0 Å². The van der Waals surface area contributed by atoms with Crippen LogP contribution in [0.5, 0.6) is 5.75 Å². The molecule has 182 valence electrons. The molecule has 0 aromatic heterocycles. The second-order valence-electron chi connectivity index (χ2n) is 9.49. The maximum atomic E-state index is 12.6. The van der Waals surface area contributed by atoms with Gasteiger partial charge in [-0.3, -0.25) is 14.5 Å². The van der Waals surface area contributed by atoms with E-state index in [1.807, 2.05) is 27.2 Å². The van der Waals surface area contributed by atoms with Crippen molar-refractivity contribution >= 4 is 17.5 Å². The zero-order valence-electron chi connectivity index (χ0n) is 20.7. The highest BCUT2D eigenvalue weighted by Gasteiger charge is 2.34. The van der Waals surface area contributed by atoms with Gasteiger partial charge in [-0.25, -0.2) is 0 Å². The first kappa shape index (κ1) is 24.2. The van der Waals surface area contributed by atoms with E-state index in [0.29, 0.717) is 19.5 Å². The van der Waals surface area contributed by atoms with E-state index in [1.165, 1.54) is 5.56 Å². The Morgan fingerprint density at radius 3 is 2.65 bits per heavy atom. The molecule has 7 heteroatoms. The van der Waals surface area contributed by atoms with Crippen LogP contribution in [0.1, 0.15) is 42.0 Å². The van der Waals surface area contributed by atoms with Crippen molar-refractivity contribution in [2.45, 2.75) is 44.3 Å². The summed E-state index contributed by atoms with van der Waals surface area (Å²) in [5, 5.41) is 3.78. The third-order valence-electron chi connectivity index (χ3n) is 7.09. The second-order valence-corrected chi connectivity index (χ2v) is 9.49. The van der Waals surface area contributed by atoms with Crippen molar-refractivity contribution in [3.63, 3.8) is 0 Å². The van der Waals surface area contributed by atoms with Crippen LogP contribution in [-0.4, -0.2) is 69.0 Å². The number of fused-ring (bicyclic) bond motifs is 1. The van der Waals surface area contributed by atoms with Gasteiger partial charge in [0.2, 0.25) is 11.8 Å². The van der Waals surface area contributed by atoms with Gasteiger partial charge in [0.05, 0.1) is 19.7 Å². The number of piperidine rings is 1. The number of nitrogens with zero attached hydrogens (tertiary/aromatic N) is 3. The fourth-order valence-electron chi connectivity index (χ4n) is 5.14. The number of benzene rings is 2. The van der Waals surface area contributed by atoms with Crippen LogP contribution in [-0.2, 0) is 22.6 Å². The minimum absolute atomic E-state index is 0.103. The maximum absolute atomic E-state index is 12.6. The Kier molecular flexibility index (Phi) is 7.54. The molecule has 2 aromatic rings. The topological polar surface area (TPSA) is 65.1 Å². The highest BCUT2D eigenvalue weighted by atomic mass is 16.5. The van der Waals surface area contributed by atoms with Gasteiger partial charge in [-0.15, -0.1) is 0 Å². The zero-order valence-corrected chi connectivity index (χ0v) is 20.7. The summed E-state index contributed by atoms with van der Waals surface area (Å²) in [5.41, 5.74) is 4.37. The molecule has 2 aliphatic rings. The predicted molar refractivity (Wildman–Crippen MR) is 134 cm³/mol. The van der Waals surface area contributed by atoms with Gasteiger partial charge in [0.15, 0.2) is 0 Å². The van der Waals surface area contributed by atoms with Crippen LogP contribution < -0.4 is 15.0 Å². The third-order valence-corrected chi connectivity index (χ3v) is 7.09. The molecule has 0 bridgehead atoms. The summed E-state index contributed by atoms with van der Waals surface area (Å²) in [4.78, 5) is 30.5. The highest BCUT2D eigenvalue weighted by molar-refractivity contribution is 5.96. The SMILES string of the molecule is COc1cc2c(cc1CNC1CCCN(CC(=O)N(C)C)C1c1ccccc1)N(C)C(=O)CC2. The van der Waals surface area contributed by atoms with Crippen LogP contribution in [0.15, 0.2) is 42.5 Å². The fourth-order valence-corrected chi connectivity index (χ4v) is 5.14. The van der Waals surface area contributed by atoms with Crippen LogP contribution in [0.4, 0.5) is 5.69 Å². The molecule has 0 aliphatic carbocycles. The summed E-state index contributed by atoms with van der Waals surface area (Å²) < 4.78 is 5.72. The van der Waals surface area contributed by atoms with E-state index in [9.17, 15) is 9.59 Å². The van der Waals surface area contributed by atoms with E-state index in [4.69, 9.17) is 4.74 Å². The number of aryl methyl sites for hydroxylation is 1. The molecule has 2 unspecified atom stereocenters. The van der Waals surface area contributed by atoms with Gasteiger partial charge in [0, 0.05) is 51.4 Å². The monoisotopic (exact) mass is 464 g/mol. The average Bonchev–Trinajstić information content (AvgIpc) is 2.85. The number of rotatable bonds is 7. The van der Waals surface area contributed by atoms with Crippen molar-refractivity contribution in [3.8, 4) is 5.75 Å². The van der Waals surface area contributed by atoms with Gasteiger partial charge < -0.3 is 19.9 Å². The van der Waals surface area contributed by atoms with Gasteiger partial charge in [-0.05, 0) is 49.1 Å². The third kappa shape index (κ3) is 5.10. The van der Waals surface area contributed by atoms with Crippen LogP contribution in [0.3, 0.4) is 0 Å². The minimum Gasteiger partial charge on any atom is -0.496 e. The normalized spacial score (nSPS) is 20.7. The summed E-state index contributed by atoms with van der Waals surface area (Å²) in [7, 11) is 7.16. The molecule has 1 saturated heterocycles. The van der Waals surface area contributed by atoms with E-state index in [-0.39, 0.29) is 23.9 Å². The van der Waals surface area contributed by atoms with E-state index >= 15 is 0 Å². The zero-order chi connectivity index (χ0) is 24.2. The molecule has 0 radical (unpaired) electrons. The Hall–Kier alpha value is -2.90. The van der Waals surface area contributed by atoms with Crippen molar-refractivity contribution in [2.75, 3.05) is 46.2 Å². The lowest BCUT2D eigenvalue weighted by Gasteiger charge is -2.42. The number of carbonyl (C=O) groups excluding carboxylic acids is 2. The molecule has 2 atom stereocenters. The molecule has 7 nitrogen and oxygen atoms in total. The van der Waals surface area contributed by atoms with Crippen LogP contribution in [0.2, 0.25) is 0 Å². The first-order valence-corrected chi connectivity index (χ1v) is 12.1. The number of anilines is 1. The lowest BCUT2D eigenvalue weighted by molar-refractivity contribution is -0.131. The minimum atomic E-state index is 0.103. The first-order chi connectivity index (χ1) is 16.4. The summed E-state index contributed by atoms with van der Waals surface area (Å²) >= 11 is 0. The molecule has 2 heterocycles. The van der Waals surface area contributed by atoms with Crippen molar-refractivity contribution in [3.05, 3.63) is 59.2 Å². The number of ether oxygens (including phenoxy) is 1. The molecule has 2 aliphatic heterocycles. The van der Waals surface area contributed by atoms with Crippen LogP contribution >= 0.6 is 0 Å². The Morgan fingerprint density at radius 1 is 1.18 bits per heavy atom. The van der Waals surface area contributed by atoms with Gasteiger partial charge in [-0.2, -0.15) is 0 Å². The fraction of sp³-hybridized carbons (Fsp3) is 0.481. The molecule has 4 rings (SSSR count). The molecule has 2 aromatic carbocycles. The van der Waals surface area contributed by atoms with E-state index in [2.05, 4.69) is 46.6 Å². The Bertz CT molecular complexity index is 1020. The number of hydrogen-bond acceptors (Lipinski definition) is 5. The van der Waals surface area contributed by atoms with Crippen molar-refractivity contribution in [2.24, 2.45) is 0 Å². The number of methoxy groups -OCH3 is 1. The molecular formula is C27H36N4O3. The number of amides is 2. The number of carbonyl (C=O) groups is 2. The maximum Gasteiger partial charge on any atom is 0.236 e. The lowest BCUT2D eigenvalue weighted by atomic mass is 9.89. The number of hydrogen-bond donors (Lipinski definition) is 1. The average molecular weight is 465 g/mol. The Balaban J connectivity index is 1.58. The van der Waals surface area contributed by atoms with Gasteiger partial charge in [0.1, 0.15) is 5.75 Å². The highest BCUT2D eigenvalue weighted by Crippen LogP contribution is 2.35. The lowest BCUT2D eigenvalue weighted by Crippen LogP contribution is -2.50. The largest absolute Gasteiger partial charge is 0.496 e. The molecule has 0 saturated carbocycles. The van der Waals surface area contributed by atoms with Crippen molar-refractivity contribution in [1.29, 1.82) is 0 Å². The Morgan fingerprint density at radius 2 is 1.94 bits per heavy atom. The second kappa shape index (κ2) is 10.6. The molecule has 1 fully saturated rings. The standard InChI is InChI=1S/C27H36N4O3/c1-29(2)26(33)18-31-14-8-11-22(27(31)19-9-6-5-7-10-19)28-17-21-15-23-20(16-24(21)34-4)12-13-25(32)30(23)3/h5-7,9-10,15-16,22,27-28H,8,11-14,17-18H2,1-4H3. The van der Waals surface area contributed by atoms with Crippen molar-refractivity contribution in [1.82, 2.24) is 15.1 Å². The van der Waals surface area contributed by atoms with E-state index in [1.54, 1.807) is 16.9 Å². The molecular weight excluding hydrogens is 428 g/mol. The number of nitrogens with one attached hydrogen (secondary N) is 1.